The van der Waals surface area contributed by atoms with Gasteiger partial charge in [-0.3, -0.25) is 0 Å². The maximum absolute atomic E-state index is 11.9. The minimum absolute atomic E-state index is 0.0203. The quantitative estimate of drug-likeness (QED) is 0.458. The smallest absolute Gasteiger partial charge is 0.420 e. The van der Waals surface area contributed by atoms with Gasteiger partial charge in [-0.05, 0) is 24.3 Å². The Morgan fingerprint density at radius 2 is 1.69 bits per heavy atom. The van der Waals surface area contributed by atoms with Crippen molar-refractivity contribution in [2.24, 2.45) is 0 Å². The molecule has 0 spiro atoms. The summed E-state index contributed by atoms with van der Waals surface area (Å²) in [5.74, 6) is -2.30. The number of halogens is 3. The van der Waals surface area contributed by atoms with Gasteiger partial charge in [0, 0.05) is 10.9 Å². The Bertz CT molecular complexity index is 371. The van der Waals surface area contributed by atoms with Crippen LogP contribution in [0.25, 0.3) is 0 Å². The van der Waals surface area contributed by atoms with Crippen molar-refractivity contribution >= 4 is 16.9 Å². The number of benzene rings is 1. The first-order chi connectivity index (χ1) is 7.30. The number of carbonyl (C=O) groups excluding carboxylic acids is 1. The Labute approximate surface area is 93.8 Å². The van der Waals surface area contributed by atoms with Gasteiger partial charge in [-0.1, -0.05) is 0 Å². The molecule has 0 aliphatic heterocycles. The van der Waals surface area contributed by atoms with Crippen LogP contribution in [0.4, 0.5) is 13.2 Å². The fourth-order valence-electron chi connectivity index (χ4n) is 0.945. The molecular weight excluding hydrogens is 241 g/mol. The molecule has 88 valence electrons. The van der Waals surface area contributed by atoms with Crippen LogP contribution in [0.15, 0.2) is 29.2 Å². The SMILES string of the molecule is C[S+](C)c1ccc(OC(=O)C(F)(F)F)cc1. The van der Waals surface area contributed by atoms with Crippen LogP contribution < -0.4 is 4.74 Å². The topological polar surface area (TPSA) is 26.3 Å². The van der Waals surface area contributed by atoms with E-state index in [0.29, 0.717) is 0 Å². The first kappa shape index (κ1) is 12.9. The number of rotatable bonds is 2. The fraction of sp³-hybridized carbons (Fsp3) is 0.300. The van der Waals surface area contributed by atoms with Crippen LogP contribution in [0.5, 0.6) is 5.75 Å². The average Bonchev–Trinajstić information content (AvgIpc) is 2.17. The molecule has 0 saturated carbocycles. The second kappa shape index (κ2) is 4.78. The van der Waals surface area contributed by atoms with Crippen molar-refractivity contribution in [3.63, 3.8) is 0 Å². The summed E-state index contributed by atoms with van der Waals surface area (Å²) < 4.78 is 39.8. The lowest BCUT2D eigenvalue weighted by Gasteiger charge is -2.06. The van der Waals surface area contributed by atoms with Crippen LogP contribution in [0.3, 0.4) is 0 Å². The zero-order chi connectivity index (χ0) is 12.3. The highest BCUT2D eigenvalue weighted by atomic mass is 32.2. The van der Waals surface area contributed by atoms with Crippen molar-refractivity contribution in [2.75, 3.05) is 12.5 Å². The molecule has 0 fully saturated rings. The van der Waals surface area contributed by atoms with E-state index in [1.54, 1.807) is 12.1 Å². The van der Waals surface area contributed by atoms with Crippen LogP contribution >= 0.6 is 0 Å². The normalized spacial score (nSPS) is 11.6. The van der Waals surface area contributed by atoms with E-state index in [-0.39, 0.29) is 16.6 Å². The molecule has 2 nitrogen and oxygen atoms in total. The predicted octanol–water partition coefficient (Wildman–Crippen LogP) is 2.39. The lowest BCUT2D eigenvalue weighted by Crippen LogP contribution is -2.27. The largest absolute Gasteiger partial charge is 0.491 e. The Morgan fingerprint density at radius 1 is 1.19 bits per heavy atom. The molecule has 0 radical (unpaired) electrons. The molecular formula is C10H10F3O2S+. The fourth-order valence-corrected chi connectivity index (χ4v) is 1.63. The minimum Gasteiger partial charge on any atom is -0.420 e. The van der Waals surface area contributed by atoms with Gasteiger partial charge >= 0.3 is 12.1 Å². The predicted molar refractivity (Wildman–Crippen MR) is 55.6 cm³/mol. The van der Waals surface area contributed by atoms with Crippen molar-refractivity contribution in [1.29, 1.82) is 0 Å². The molecule has 0 aliphatic carbocycles. The van der Waals surface area contributed by atoms with Gasteiger partial charge in [0.1, 0.15) is 18.3 Å². The third kappa shape index (κ3) is 3.44. The highest BCUT2D eigenvalue weighted by Gasteiger charge is 2.41. The molecule has 0 N–H and O–H groups in total. The van der Waals surface area contributed by atoms with Crippen LogP contribution in [0, 0.1) is 0 Å². The summed E-state index contributed by atoms with van der Waals surface area (Å²) >= 11 is 0. The van der Waals surface area contributed by atoms with Crippen molar-refractivity contribution in [3.8, 4) is 5.75 Å². The first-order valence-electron chi connectivity index (χ1n) is 4.27. The van der Waals surface area contributed by atoms with E-state index < -0.39 is 12.1 Å². The molecule has 16 heavy (non-hydrogen) atoms. The van der Waals surface area contributed by atoms with E-state index in [1.807, 2.05) is 12.5 Å². The van der Waals surface area contributed by atoms with E-state index >= 15 is 0 Å². The van der Waals surface area contributed by atoms with Gasteiger partial charge in [-0.25, -0.2) is 4.79 Å². The van der Waals surface area contributed by atoms with Gasteiger partial charge in [0.25, 0.3) is 0 Å². The van der Waals surface area contributed by atoms with Crippen LogP contribution in [0.2, 0.25) is 0 Å². The maximum atomic E-state index is 11.9. The first-order valence-corrected chi connectivity index (χ1v) is 6.31. The van der Waals surface area contributed by atoms with E-state index in [1.165, 1.54) is 12.1 Å². The monoisotopic (exact) mass is 251 g/mol. The van der Waals surface area contributed by atoms with Gasteiger partial charge in [0.15, 0.2) is 4.90 Å². The highest BCUT2D eigenvalue weighted by molar-refractivity contribution is 7.95. The number of hydrogen-bond donors (Lipinski definition) is 0. The summed E-state index contributed by atoms with van der Waals surface area (Å²) in [6.07, 6.45) is -0.994. The molecule has 0 bridgehead atoms. The number of hydrogen-bond acceptors (Lipinski definition) is 2. The molecule has 0 heterocycles. The lowest BCUT2D eigenvalue weighted by molar-refractivity contribution is -0.189. The van der Waals surface area contributed by atoms with Crippen molar-refractivity contribution in [3.05, 3.63) is 24.3 Å². The maximum Gasteiger partial charge on any atom is 0.491 e. The third-order valence-electron chi connectivity index (χ3n) is 1.74. The third-order valence-corrected chi connectivity index (χ3v) is 2.95. The van der Waals surface area contributed by atoms with E-state index in [4.69, 9.17) is 0 Å². The Kier molecular flexibility index (Phi) is 3.85. The molecule has 0 aliphatic rings. The Hall–Kier alpha value is -1.17. The lowest BCUT2D eigenvalue weighted by atomic mass is 10.3. The van der Waals surface area contributed by atoms with Gasteiger partial charge in [0.05, 0.1) is 0 Å². The van der Waals surface area contributed by atoms with E-state index in [0.717, 1.165) is 4.90 Å². The van der Waals surface area contributed by atoms with Gasteiger partial charge in [0.2, 0.25) is 0 Å². The zero-order valence-electron chi connectivity index (χ0n) is 8.67. The second-order valence-electron chi connectivity index (χ2n) is 3.18. The number of ether oxygens (including phenoxy) is 1. The van der Waals surface area contributed by atoms with Gasteiger partial charge < -0.3 is 4.74 Å². The van der Waals surface area contributed by atoms with Gasteiger partial charge in [-0.15, -0.1) is 0 Å². The zero-order valence-corrected chi connectivity index (χ0v) is 9.48. The summed E-state index contributed by atoms with van der Waals surface area (Å²) in [6.45, 7) is 0. The highest BCUT2D eigenvalue weighted by Crippen LogP contribution is 2.21. The number of alkyl halides is 3. The minimum atomic E-state index is -4.96. The van der Waals surface area contributed by atoms with Gasteiger partial charge in [-0.2, -0.15) is 13.2 Å². The molecule has 1 aromatic rings. The van der Waals surface area contributed by atoms with Crippen LogP contribution in [-0.2, 0) is 15.7 Å². The summed E-state index contributed by atoms with van der Waals surface area (Å²) in [5, 5.41) is 0. The summed E-state index contributed by atoms with van der Waals surface area (Å²) in [5.41, 5.74) is 0. The molecule has 0 aromatic heterocycles. The molecule has 6 heteroatoms. The molecule has 0 unspecified atom stereocenters. The van der Waals surface area contributed by atoms with Crippen molar-refractivity contribution in [1.82, 2.24) is 0 Å². The Balaban J connectivity index is 2.73. The average molecular weight is 251 g/mol. The molecule has 1 rings (SSSR count). The van der Waals surface area contributed by atoms with Crippen molar-refractivity contribution < 1.29 is 22.7 Å². The van der Waals surface area contributed by atoms with E-state index in [2.05, 4.69) is 4.74 Å². The number of esters is 1. The molecule has 1 aromatic carbocycles. The summed E-state index contributed by atoms with van der Waals surface area (Å²) in [7, 11) is 0.0203. The van der Waals surface area contributed by atoms with Crippen molar-refractivity contribution in [2.45, 2.75) is 11.1 Å². The molecule has 0 saturated heterocycles. The number of carbonyl (C=O) groups is 1. The standard InChI is InChI=1S/C10H10F3O2S/c1-16(2)8-5-3-7(4-6-8)15-9(14)10(11,12)13/h3-6H,1-2H3/q+1. The summed E-state index contributed by atoms with van der Waals surface area (Å²) in [4.78, 5) is 11.5. The second-order valence-corrected chi connectivity index (χ2v) is 5.28. The van der Waals surface area contributed by atoms with E-state index in [9.17, 15) is 18.0 Å². The summed E-state index contributed by atoms with van der Waals surface area (Å²) in [6, 6.07) is 5.99. The molecule has 0 atom stereocenters. The Morgan fingerprint density at radius 3 is 2.06 bits per heavy atom. The molecule has 0 amide bonds. The van der Waals surface area contributed by atoms with Crippen LogP contribution in [0.1, 0.15) is 0 Å². The van der Waals surface area contributed by atoms with Crippen LogP contribution in [-0.4, -0.2) is 24.7 Å².